The molecule has 5 nitrogen and oxygen atoms in total. The van der Waals surface area contributed by atoms with Gasteiger partial charge in [0.1, 0.15) is 5.60 Å². The second-order valence-electron chi connectivity index (χ2n) is 5.63. The SMILES string of the molecule is CC(C)(C)OC(=O)[C@@]1(C(=O)O)CCCC[C@@H]1N. The van der Waals surface area contributed by atoms with Gasteiger partial charge in [-0.2, -0.15) is 0 Å². The molecule has 1 saturated carbocycles. The van der Waals surface area contributed by atoms with Crippen LogP contribution in [0.3, 0.4) is 0 Å². The summed E-state index contributed by atoms with van der Waals surface area (Å²) in [4.78, 5) is 23.5. The van der Waals surface area contributed by atoms with Crippen LogP contribution in [0.1, 0.15) is 46.5 Å². The Kier molecular flexibility index (Phi) is 3.81. The summed E-state index contributed by atoms with van der Waals surface area (Å²) < 4.78 is 5.21. The Morgan fingerprint density at radius 2 is 1.94 bits per heavy atom. The Morgan fingerprint density at radius 1 is 1.35 bits per heavy atom. The Balaban J connectivity index is 2.99. The lowest BCUT2D eigenvalue weighted by Gasteiger charge is -2.38. The topological polar surface area (TPSA) is 89.6 Å². The number of aliphatic carboxylic acids is 1. The number of esters is 1. The molecule has 0 aliphatic heterocycles. The first-order chi connectivity index (χ1) is 7.70. The van der Waals surface area contributed by atoms with Crippen LogP contribution in [0.4, 0.5) is 0 Å². The minimum absolute atomic E-state index is 0.262. The van der Waals surface area contributed by atoms with Crippen LogP contribution < -0.4 is 5.73 Å². The lowest BCUT2D eigenvalue weighted by molar-refractivity contribution is -0.180. The Hall–Kier alpha value is -1.10. The van der Waals surface area contributed by atoms with E-state index in [-0.39, 0.29) is 6.42 Å². The molecule has 0 amide bonds. The largest absolute Gasteiger partial charge is 0.480 e. The molecular weight excluding hydrogens is 222 g/mol. The van der Waals surface area contributed by atoms with Gasteiger partial charge in [0, 0.05) is 6.04 Å². The number of hydrogen-bond donors (Lipinski definition) is 2. The van der Waals surface area contributed by atoms with E-state index in [9.17, 15) is 14.7 Å². The van der Waals surface area contributed by atoms with E-state index in [1.54, 1.807) is 20.8 Å². The minimum atomic E-state index is -1.56. The van der Waals surface area contributed by atoms with Crippen LogP contribution in [-0.4, -0.2) is 28.7 Å². The third kappa shape index (κ3) is 2.77. The van der Waals surface area contributed by atoms with Crippen molar-refractivity contribution in [2.24, 2.45) is 11.1 Å². The fourth-order valence-corrected chi connectivity index (χ4v) is 2.18. The molecule has 0 aromatic heterocycles. The second-order valence-corrected chi connectivity index (χ2v) is 5.63. The number of ether oxygens (including phenoxy) is 1. The number of carboxylic acid groups (broad SMARTS) is 1. The maximum atomic E-state index is 12.1. The molecule has 0 saturated heterocycles. The zero-order valence-corrected chi connectivity index (χ0v) is 10.7. The minimum Gasteiger partial charge on any atom is -0.480 e. The van der Waals surface area contributed by atoms with E-state index in [0.717, 1.165) is 6.42 Å². The first kappa shape index (κ1) is 14.0. The summed E-state index contributed by atoms with van der Waals surface area (Å²) >= 11 is 0. The van der Waals surface area contributed by atoms with Gasteiger partial charge in [0.2, 0.25) is 0 Å². The number of carbonyl (C=O) groups excluding carboxylic acids is 1. The molecule has 0 aromatic rings. The molecule has 0 heterocycles. The molecular formula is C12H21NO4. The molecule has 1 rings (SSSR count). The van der Waals surface area contributed by atoms with E-state index in [1.165, 1.54) is 0 Å². The fraction of sp³-hybridized carbons (Fsp3) is 0.833. The normalized spacial score (nSPS) is 29.8. The Morgan fingerprint density at radius 3 is 2.35 bits per heavy atom. The van der Waals surface area contributed by atoms with E-state index in [1.807, 2.05) is 0 Å². The van der Waals surface area contributed by atoms with Crippen molar-refractivity contribution in [2.75, 3.05) is 0 Å². The van der Waals surface area contributed by atoms with Crippen molar-refractivity contribution in [3.8, 4) is 0 Å². The number of rotatable bonds is 2. The highest BCUT2D eigenvalue weighted by Gasteiger charge is 2.54. The van der Waals surface area contributed by atoms with Crippen molar-refractivity contribution in [3.63, 3.8) is 0 Å². The lowest BCUT2D eigenvalue weighted by Crippen LogP contribution is -2.56. The van der Waals surface area contributed by atoms with E-state index < -0.39 is 29.0 Å². The van der Waals surface area contributed by atoms with Crippen LogP contribution in [0, 0.1) is 5.41 Å². The molecule has 0 bridgehead atoms. The monoisotopic (exact) mass is 243 g/mol. The van der Waals surface area contributed by atoms with Gasteiger partial charge in [-0.1, -0.05) is 12.8 Å². The fourth-order valence-electron chi connectivity index (χ4n) is 2.18. The summed E-state index contributed by atoms with van der Waals surface area (Å²) in [6, 6.07) is -0.663. The molecule has 3 N–H and O–H groups in total. The predicted octanol–water partition coefficient (Wildman–Crippen LogP) is 1.30. The van der Waals surface area contributed by atoms with Gasteiger partial charge in [-0.3, -0.25) is 9.59 Å². The average molecular weight is 243 g/mol. The van der Waals surface area contributed by atoms with Gasteiger partial charge in [0.15, 0.2) is 5.41 Å². The van der Waals surface area contributed by atoms with Crippen LogP contribution in [0.15, 0.2) is 0 Å². The molecule has 0 unspecified atom stereocenters. The molecule has 0 aromatic carbocycles. The van der Waals surface area contributed by atoms with Crippen LogP contribution in [0.5, 0.6) is 0 Å². The smallest absolute Gasteiger partial charge is 0.325 e. The predicted molar refractivity (Wildman–Crippen MR) is 62.4 cm³/mol. The van der Waals surface area contributed by atoms with Gasteiger partial charge in [-0.05, 0) is 33.6 Å². The zero-order valence-electron chi connectivity index (χ0n) is 10.7. The standard InChI is InChI=1S/C12H21NO4/c1-11(2,3)17-10(16)12(9(14)15)7-5-4-6-8(12)13/h8H,4-7,13H2,1-3H3,(H,14,15)/t8-,12-/m0/s1. The van der Waals surface area contributed by atoms with Crippen LogP contribution in [0.25, 0.3) is 0 Å². The summed E-state index contributed by atoms with van der Waals surface area (Å²) in [7, 11) is 0. The van der Waals surface area contributed by atoms with Gasteiger partial charge in [-0.15, -0.1) is 0 Å². The van der Waals surface area contributed by atoms with Gasteiger partial charge < -0.3 is 15.6 Å². The van der Waals surface area contributed by atoms with Crippen LogP contribution in [-0.2, 0) is 14.3 Å². The third-order valence-electron chi connectivity index (χ3n) is 3.11. The average Bonchev–Trinajstić information content (AvgIpc) is 2.15. The highest BCUT2D eigenvalue weighted by atomic mass is 16.6. The molecule has 1 aliphatic rings. The molecule has 1 fully saturated rings. The van der Waals surface area contributed by atoms with Crippen molar-refractivity contribution in [1.29, 1.82) is 0 Å². The molecule has 0 spiro atoms. The molecule has 98 valence electrons. The summed E-state index contributed by atoms with van der Waals surface area (Å²) in [5, 5.41) is 9.35. The van der Waals surface area contributed by atoms with Crippen molar-refractivity contribution in [2.45, 2.75) is 58.1 Å². The van der Waals surface area contributed by atoms with E-state index in [0.29, 0.717) is 12.8 Å². The first-order valence-electron chi connectivity index (χ1n) is 5.92. The van der Waals surface area contributed by atoms with Crippen molar-refractivity contribution in [3.05, 3.63) is 0 Å². The van der Waals surface area contributed by atoms with Gasteiger partial charge in [0.25, 0.3) is 0 Å². The van der Waals surface area contributed by atoms with Crippen molar-refractivity contribution in [1.82, 2.24) is 0 Å². The maximum Gasteiger partial charge on any atom is 0.325 e. The second kappa shape index (κ2) is 4.64. The first-order valence-corrected chi connectivity index (χ1v) is 5.92. The highest BCUT2D eigenvalue weighted by Crippen LogP contribution is 2.38. The molecule has 2 atom stereocenters. The van der Waals surface area contributed by atoms with Crippen molar-refractivity contribution >= 4 is 11.9 Å². The number of carbonyl (C=O) groups is 2. The quantitative estimate of drug-likeness (QED) is 0.563. The number of carboxylic acids is 1. The molecule has 1 aliphatic carbocycles. The lowest BCUT2D eigenvalue weighted by atomic mass is 9.70. The third-order valence-corrected chi connectivity index (χ3v) is 3.11. The van der Waals surface area contributed by atoms with E-state index >= 15 is 0 Å². The van der Waals surface area contributed by atoms with Gasteiger partial charge >= 0.3 is 11.9 Å². The highest BCUT2D eigenvalue weighted by molar-refractivity contribution is 6.00. The maximum absolute atomic E-state index is 12.1. The number of nitrogens with two attached hydrogens (primary N) is 1. The van der Waals surface area contributed by atoms with E-state index in [4.69, 9.17) is 10.5 Å². The molecule has 5 heteroatoms. The summed E-state index contributed by atoms with van der Waals surface area (Å²) in [5.74, 6) is -1.87. The molecule has 0 radical (unpaired) electrons. The Labute approximate surface area is 101 Å². The van der Waals surface area contributed by atoms with Crippen LogP contribution in [0.2, 0.25) is 0 Å². The van der Waals surface area contributed by atoms with E-state index in [2.05, 4.69) is 0 Å². The summed E-state index contributed by atoms with van der Waals surface area (Å²) in [6.45, 7) is 5.15. The van der Waals surface area contributed by atoms with Crippen LogP contribution >= 0.6 is 0 Å². The number of hydrogen-bond acceptors (Lipinski definition) is 4. The Bertz CT molecular complexity index is 321. The van der Waals surface area contributed by atoms with Gasteiger partial charge in [0.05, 0.1) is 0 Å². The molecule has 17 heavy (non-hydrogen) atoms. The van der Waals surface area contributed by atoms with Crippen molar-refractivity contribution < 1.29 is 19.4 Å². The zero-order chi connectivity index (χ0) is 13.3. The van der Waals surface area contributed by atoms with Gasteiger partial charge in [-0.25, -0.2) is 0 Å². The summed E-state index contributed by atoms with van der Waals surface area (Å²) in [5.41, 5.74) is 3.59. The summed E-state index contributed by atoms with van der Waals surface area (Å²) in [6.07, 6.45) is 2.36.